The maximum absolute atomic E-state index is 12.6. The molecule has 0 aromatic heterocycles. The number of rotatable bonds is 3. The second-order valence-corrected chi connectivity index (χ2v) is 5.21. The van der Waals surface area contributed by atoms with Gasteiger partial charge in [-0.25, -0.2) is 8.78 Å². The molecule has 0 aromatic rings. The summed E-state index contributed by atoms with van der Waals surface area (Å²) in [4.78, 5) is 0. The predicted octanol–water partition coefficient (Wildman–Crippen LogP) is 0.807. The van der Waals surface area contributed by atoms with Gasteiger partial charge in [0.15, 0.2) is 0 Å². The summed E-state index contributed by atoms with van der Waals surface area (Å²) in [6.07, 6.45) is -0.569. The fraction of sp³-hybridized carbons (Fsp3) is 1.00. The van der Waals surface area contributed by atoms with Crippen LogP contribution in [0.3, 0.4) is 0 Å². The molecule has 3 aliphatic rings. The van der Waals surface area contributed by atoms with Gasteiger partial charge >= 0.3 is 58.4 Å². The van der Waals surface area contributed by atoms with Gasteiger partial charge in [0.05, 0.1) is 0 Å². The van der Waals surface area contributed by atoms with Crippen LogP contribution in [0.1, 0.15) is 32.6 Å². The van der Waals surface area contributed by atoms with Crippen molar-refractivity contribution in [3.8, 4) is 0 Å². The van der Waals surface area contributed by atoms with Crippen molar-refractivity contribution in [1.29, 1.82) is 0 Å². The van der Waals surface area contributed by atoms with Gasteiger partial charge in [-0.3, -0.25) is 0 Å². The van der Waals surface area contributed by atoms with Crippen molar-refractivity contribution in [2.24, 2.45) is 5.41 Å². The van der Waals surface area contributed by atoms with E-state index in [0.717, 1.165) is 6.92 Å². The summed E-state index contributed by atoms with van der Waals surface area (Å²) >= 11 is 0. The molecule has 0 saturated heterocycles. The molecule has 0 unspecified atom stereocenters. The van der Waals surface area contributed by atoms with E-state index in [1.54, 1.807) is 0 Å². The molecule has 0 N–H and O–H groups in total. The van der Waals surface area contributed by atoms with Crippen LogP contribution in [0.25, 0.3) is 0 Å². The minimum atomic E-state index is -4.83. The molecule has 3 rings (SSSR count). The zero-order valence-electron chi connectivity index (χ0n) is 8.80. The van der Waals surface area contributed by atoms with Crippen molar-refractivity contribution in [3.05, 3.63) is 0 Å². The van der Waals surface area contributed by atoms with Crippen LogP contribution in [-0.4, -0.2) is 12.9 Å². The SMILES string of the molecule is CC(F)(F)CC12CC([B-](F)(F)F)(C1)C2.[K+]. The van der Waals surface area contributed by atoms with Crippen molar-refractivity contribution >= 4 is 6.98 Å². The van der Waals surface area contributed by atoms with Crippen molar-refractivity contribution in [3.63, 3.8) is 0 Å². The van der Waals surface area contributed by atoms with Crippen molar-refractivity contribution in [1.82, 2.24) is 0 Å². The Morgan fingerprint density at radius 1 is 1.13 bits per heavy atom. The van der Waals surface area contributed by atoms with E-state index < -0.39 is 23.6 Å². The molecular formula is C8H11BF5K. The smallest absolute Gasteiger partial charge is 0.449 e. The van der Waals surface area contributed by atoms with E-state index in [1.807, 2.05) is 0 Å². The van der Waals surface area contributed by atoms with Crippen LogP contribution in [0.4, 0.5) is 21.7 Å². The Bertz CT molecular complexity index is 249. The van der Waals surface area contributed by atoms with E-state index >= 15 is 0 Å². The summed E-state index contributed by atoms with van der Waals surface area (Å²) < 4.78 is 62.4. The fourth-order valence-corrected chi connectivity index (χ4v) is 3.28. The number of halogens is 5. The molecule has 0 amide bonds. The van der Waals surface area contributed by atoms with E-state index in [9.17, 15) is 21.7 Å². The molecule has 0 aliphatic heterocycles. The van der Waals surface area contributed by atoms with E-state index in [4.69, 9.17) is 0 Å². The van der Waals surface area contributed by atoms with Gasteiger partial charge in [0.1, 0.15) is 0 Å². The summed E-state index contributed by atoms with van der Waals surface area (Å²) in [5.74, 6) is -2.83. The standard InChI is InChI=1S/C8H11BF5.K/c1-6(10,11)2-7-3-8(4-7,5-7)9(12,13)14;/h2-5H2,1H3;/q-1;+1. The third-order valence-electron chi connectivity index (χ3n) is 3.56. The van der Waals surface area contributed by atoms with Gasteiger partial charge in [0, 0.05) is 6.42 Å². The van der Waals surface area contributed by atoms with Crippen LogP contribution >= 0.6 is 0 Å². The largest absolute Gasteiger partial charge is 1.00 e. The zero-order valence-corrected chi connectivity index (χ0v) is 11.9. The van der Waals surface area contributed by atoms with Gasteiger partial charge in [0.25, 0.3) is 0 Å². The first-order valence-electron chi connectivity index (χ1n) is 4.65. The van der Waals surface area contributed by atoms with Gasteiger partial charge in [-0.1, -0.05) is 24.6 Å². The monoisotopic (exact) mass is 252 g/mol. The normalized spacial score (nSPS) is 38.8. The minimum Gasteiger partial charge on any atom is -0.449 e. The molecule has 3 saturated carbocycles. The maximum Gasteiger partial charge on any atom is 1.00 e. The van der Waals surface area contributed by atoms with Crippen LogP contribution in [0.15, 0.2) is 0 Å². The second-order valence-electron chi connectivity index (χ2n) is 5.21. The fourth-order valence-electron chi connectivity index (χ4n) is 3.28. The second kappa shape index (κ2) is 3.67. The van der Waals surface area contributed by atoms with E-state index in [1.165, 1.54) is 0 Å². The quantitative estimate of drug-likeness (QED) is 0.515. The average molecular weight is 252 g/mol. The third kappa shape index (κ3) is 2.32. The molecule has 7 heteroatoms. The summed E-state index contributed by atoms with van der Waals surface area (Å²) in [5.41, 5.74) is -0.685. The summed E-state index contributed by atoms with van der Waals surface area (Å²) in [6, 6.07) is 0. The molecule has 0 atom stereocenters. The number of hydrogen-bond acceptors (Lipinski definition) is 0. The van der Waals surface area contributed by atoms with E-state index in [0.29, 0.717) is 0 Å². The Hall–Kier alpha value is 1.35. The Kier molecular flexibility index (Phi) is 3.53. The first-order valence-corrected chi connectivity index (χ1v) is 4.65. The Morgan fingerprint density at radius 2 is 1.53 bits per heavy atom. The predicted molar refractivity (Wildman–Crippen MR) is 43.3 cm³/mol. The van der Waals surface area contributed by atoms with Gasteiger partial charge < -0.3 is 12.9 Å². The molecule has 15 heavy (non-hydrogen) atoms. The van der Waals surface area contributed by atoms with Crippen LogP contribution in [0.2, 0.25) is 5.31 Å². The summed E-state index contributed by atoms with van der Waals surface area (Å²) in [5, 5.41) is -1.54. The molecule has 3 aliphatic carbocycles. The Balaban J connectivity index is 0.00000112. The Labute approximate surface area is 128 Å². The van der Waals surface area contributed by atoms with Crippen molar-refractivity contribution in [2.45, 2.75) is 43.8 Å². The van der Waals surface area contributed by atoms with Crippen molar-refractivity contribution in [2.75, 3.05) is 0 Å². The minimum absolute atomic E-state index is 0. The molecule has 0 radical (unpaired) electrons. The van der Waals surface area contributed by atoms with Crippen LogP contribution in [-0.2, 0) is 0 Å². The molecule has 0 aromatic carbocycles. The average Bonchev–Trinajstić information content (AvgIpc) is 1.68. The maximum atomic E-state index is 12.6. The zero-order chi connectivity index (χ0) is 10.8. The van der Waals surface area contributed by atoms with Crippen LogP contribution in [0, 0.1) is 5.41 Å². The third-order valence-corrected chi connectivity index (χ3v) is 3.56. The van der Waals surface area contributed by atoms with Crippen molar-refractivity contribution < 1.29 is 73.1 Å². The van der Waals surface area contributed by atoms with Gasteiger partial charge in [-0.05, 0) is 12.3 Å². The molecule has 82 valence electrons. The number of hydrogen-bond donors (Lipinski definition) is 0. The van der Waals surface area contributed by atoms with Crippen LogP contribution < -0.4 is 51.4 Å². The summed E-state index contributed by atoms with van der Waals surface area (Å²) in [6.45, 7) is -4.05. The molecular weight excluding hydrogens is 241 g/mol. The Morgan fingerprint density at radius 3 is 1.80 bits per heavy atom. The first-order chi connectivity index (χ1) is 6.08. The molecule has 2 bridgehead atoms. The first kappa shape index (κ1) is 14.4. The molecule has 0 heterocycles. The van der Waals surface area contributed by atoms with Gasteiger partial charge in [0.2, 0.25) is 5.92 Å². The van der Waals surface area contributed by atoms with Crippen LogP contribution in [0.5, 0.6) is 0 Å². The molecule has 0 nitrogen and oxygen atoms in total. The number of alkyl halides is 2. The molecule has 0 spiro atoms. The molecule has 3 fully saturated rings. The van der Waals surface area contributed by atoms with E-state index in [-0.39, 0.29) is 77.1 Å². The van der Waals surface area contributed by atoms with Gasteiger partial charge in [-0.2, -0.15) is 0 Å². The summed E-state index contributed by atoms with van der Waals surface area (Å²) in [7, 11) is 0. The van der Waals surface area contributed by atoms with Gasteiger partial charge in [-0.15, -0.1) is 0 Å². The van der Waals surface area contributed by atoms with E-state index in [2.05, 4.69) is 0 Å². The topological polar surface area (TPSA) is 0 Å².